The highest BCUT2D eigenvalue weighted by molar-refractivity contribution is 5.96. The van der Waals surface area contributed by atoms with Crippen LogP contribution in [-0.2, 0) is 0 Å². The van der Waals surface area contributed by atoms with E-state index < -0.39 is 6.17 Å². The quantitative estimate of drug-likeness (QED) is 0.507. The molecule has 6 heteroatoms. The molecule has 0 heterocycles. The second kappa shape index (κ2) is 10.8. The van der Waals surface area contributed by atoms with Crippen LogP contribution < -0.4 is 20.1 Å². The van der Waals surface area contributed by atoms with Gasteiger partial charge in [-0.15, -0.1) is 0 Å². The van der Waals surface area contributed by atoms with Crippen molar-refractivity contribution >= 4 is 11.8 Å². The Bertz CT molecular complexity index is 953. The molecule has 0 bridgehead atoms. The van der Waals surface area contributed by atoms with Crippen LogP contribution in [0.4, 0.5) is 0 Å². The van der Waals surface area contributed by atoms with E-state index in [-0.39, 0.29) is 11.8 Å². The third kappa shape index (κ3) is 5.85. The zero-order valence-corrected chi connectivity index (χ0v) is 17.6. The highest BCUT2D eigenvalue weighted by Gasteiger charge is 2.20. The van der Waals surface area contributed by atoms with Crippen molar-refractivity contribution < 1.29 is 19.1 Å². The lowest BCUT2D eigenvalue weighted by Crippen LogP contribution is -2.41. The van der Waals surface area contributed by atoms with E-state index in [1.165, 1.54) is 0 Å². The first-order chi connectivity index (χ1) is 15.1. The normalized spacial score (nSPS) is 10.4. The Morgan fingerprint density at radius 2 is 1.35 bits per heavy atom. The Hall–Kier alpha value is -3.80. The topological polar surface area (TPSA) is 76.7 Å². The SMILES string of the molecule is CCCOc1cc(C(NC(=O)c2ccccc2)NC(=O)c2ccccc2)ccc1OC. The van der Waals surface area contributed by atoms with Crippen molar-refractivity contribution in [2.75, 3.05) is 13.7 Å². The molecular formula is C25H26N2O4. The van der Waals surface area contributed by atoms with E-state index in [1.807, 2.05) is 19.1 Å². The Balaban J connectivity index is 1.91. The van der Waals surface area contributed by atoms with Gasteiger partial charge in [0.05, 0.1) is 13.7 Å². The Morgan fingerprint density at radius 1 is 0.806 bits per heavy atom. The first kappa shape index (κ1) is 21.9. The van der Waals surface area contributed by atoms with Crippen LogP contribution in [0.3, 0.4) is 0 Å². The van der Waals surface area contributed by atoms with Gasteiger partial charge in [0.2, 0.25) is 0 Å². The number of nitrogens with one attached hydrogen (secondary N) is 2. The molecule has 31 heavy (non-hydrogen) atoms. The summed E-state index contributed by atoms with van der Waals surface area (Å²) in [5, 5.41) is 5.81. The standard InChI is InChI=1S/C25H26N2O4/c1-3-16-31-22-17-20(14-15-21(22)30-2)23(26-24(28)18-10-6-4-7-11-18)27-25(29)19-12-8-5-9-13-19/h4-15,17,23H,3,16H2,1-2H3,(H,26,28)(H,27,29). The predicted molar refractivity (Wildman–Crippen MR) is 119 cm³/mol. The fourth-order valence-corrected chi connectivity index (χ4v) is 3.01. The first-order valence-corrected chi connectivity index (χ1v) is 10.1. The molecule has 0 aliphatic heterocycles. The molecule has 0 spiro atoms. The minimum Gasteiger partial charge on any atom is -0.493 e. The molecule has 0 aromatic heterocycles. The van der Waals surface area contributed by atoms with Crippen LogP contribution in [0.1, 0.15) is 45.8 Å². The molecule has 0 unspecified atom stereocenters. The van der Waals surface area contributed by atoms with E-state index >= 15 is 0 Å². The second-order valence-electron chi connectivity index (χ2n) is 6.87. The van der Waals surface area contributed by atoms with E-state index in [1.54, 1.807) is 73.8 Å². The van der Waals surface area contributed by atoms with Gasteiger partial charge < -0.3 is 20.1 Å². The lowest BCUT2D eigenvalue weighted by Gasteiger charge is -2.22. The lowest BCUT2D eigenvalue weighted by molar-refractivity contribution is 0.0883. The smallest absolute Gasteiger partial charge is 0.253 e. The molecular weight excluding hydrogens is 392 g/mol. The van der Waals surface area contributed by atoms with Crippen LogP contribution in [0.5, 0.6) is 11.5 Å². The molecule has 0 atom stereocenters. The van der Waals surface area contributed by atoms with E-state index in [2.05, 4.69) is 10.6 Å². The average Bonchev–Trinajstić information content (AvgIpc) is 2.83. The van der Waals surface area contributed by atoms with Crippen molar-refractivity contribution in [1.29, 1.82) is 0 Å². The van der Waals surface area contributed by atoms with Crippen LogP contribution in [0.25, 0.3) is 0 Å². The number of carbonyl (C=O) groups excluding carboxylic acids is 2. The van der Waals surface area contributed by atoms with Gasteiger partial charge in [0.25, 0.3) is 11.8 Å². The summed E-state index contributed by atoms with van der Waals surface area (Å²) in [5.74, 6) is 0.533. The molecule has 6 nitrogen and oxygen atoms in total. The van der Waals surface area contributed by atoms with E-state index in [0.29, 0.717) is 34.8 Å². The van der Waals surface area contributed by atoms with E-state index in [9.17, 15) is 9.59 Å². The second-order valence-corrected chi connectivity index (χ2v) is 6.87. The molecule has 0 fully saturated rings. The maximum atomic E-state index is 12.8. The van der Waals surface area contributed by atoms with E-state index in [0.717, 1.165) is 6.42 Å². The maximum absolute atomic E-state index is 12.8. The highest BCUT2D eigenvalue weighted by atomic mass is 16.5. The van der Waals surface area contributed by atoms with Gasteiger partial charge in [0, 0.05) is 11.1 Å². The number of hydrogen-bond acceptors (Lipinski definition) is 4. The predicted octanol–water partition coefficient (Wildman–Crippen LogP) is 4.34. The number of benzene rings is 3. The van der Waals surface area contributed by atoms with E-state index in [4.69, 9.17) is 9.47 Å². The molecule has 3 rings (SSSR count). The summed E-state index contributed by atoms with van der Waals surface area (Å²) in [6.45, 7) is 2.54. The van der Waals surface area contributed by atoms with Crippen molar-refractivity contribution in [1.82, 2.24) is 10.6 Å². The van der Waals surface area contributed by atoms with Gasteiger partial charge in [-0.3, -0.25) is 9.59 Å². The van der Waals surface area contributed by atoms with Gasteiger partial charge >= 0.3 is 0 Å². The molecule has 0 aliphatic rings. The van der Waals surface area contributed by atoms with Crippen molar-refractivity contribution in [2.24, 2.45) is 0 Å². The van der Waals surface area contributed by atoms with Gasteiger partial charge in [-0.05, 0) is 48.4 Å². The van der Waals surface area contributed by atoms with Crippen molar-refractivity contribution in [3.8, 4) is 11.5 Å². The van der Waals surface area contributed by atoms with Crippen LogP contribution in [0, 0.1) is 0 Å². The van der Waals surface area contributed by atoms with Gasteiger partial charge in [-0.2, -0.15) is 0 Å². The first-order valence-electron chi connectivity index (χ1n) is 10.1. The monoisotopic (exact) mass is 418 g/mol. The summed E-state index contributed by atoms with van der Waals surface area (Å²) in [7, 11) is 1.57. The van der Waals surface area contributed by atoms with Crippen molar-refractivity contribution in [2.45, 2.75) is 19.5 Å². The van der Waals surface area contributed by atoms with Crippen molar-refractivity contribution in [3.63, 3.8) is 0 Å². The van der Waals surface area contributed by atoms with Crippen LogP contribution in [0.15, 0.2) is 78.9 Å². The summed E-state index contributed by atoms with van der Waals surface area (Å²) in [5.41, 5.74) is 1.66. The summed E-state index contributed by atoms with van der Waals surface area (Å²) in [6, 6.07) is 23.0. The molecule has 2 amide bonds. The summed E-state index contributed by atoms with van der Waals surface area (Å²) >= 11 is 0. The summed E-state index contributed by atoms with van der Waals surface area (Å²) in [6.07, 6.45) is 0.0713. The maximum Gasteiger partial charge on any atom is 0.253 e. The van der Waals surface area contributed by atoms with Crippen LogP contribution >= 0.6 is 0 Å². The molecule has 3 aromatic rings. The van der Waals surface area contributed by atoms with Gasteiger partial charge in [-0.25, -0.2) is 0 Å². The zero-order chi connectivity index (χ0) is 22.1. The number of ether oxygens (including phenoxy) is 2. The summed E-state index contributed by atoms with van der Waals surface area (Å²) < 4.78 is 11.2. The van der Waals surface area contributed by atoms with Crippen molar-refractivity contribution in [3.05, 3.63) is 95.6 Å². The molecule has 0 saturated carbocycles. The number of carbonyl (C=O) groups is 2. The third-order valence-corrected chi connectivity index (χ3v) is 4.61. The Kier molecular flexibility index (Phi) is 7.65. The fourth-order valence-electron chi connectivity index (χ4n) is 3.01. The number of amides is 2. The molecule has 2 N–H and O–H groups in total. The van der Waals surface area contributed by atoms with Gasteiger partial charge in [-0.1, -0.05) is 49.4 Å². The number of rotatable bonds is 9. The largest absolute Gasteiger partial charge is 0.493 e. The van der Waals surface area contributed by atoms with Crippen LogP contribution in [-0.4, -0.2) is 25.5 Å². The number of methoxy groups -OCH3 is 1. The molecule has 160 valence electrons. The lowest BCUT2D eigenvalue weighted by atomic mass is 10.1. The highest BCUT2D eigenvalue weighted by Crippen LogP contribution is 2.30. The Morgan fingerprint density at radius 3 is 1.84 bits per heavy atom. The molecule has 0 saturated heterocycles. The van der Waals surface area contributed by atoms with Gasteiger partial charge in [0.1, 0.15) is 6.17 Å². The molecule has 0 radical (unpaired) electrons. The zero-order valence-electron chi connectivity index (χ0n) is 17.6. The Labute approximate surface area is 182 Å². The molecule has 3 aromatic carbocycles. The van der Waals surface area contributed by atoms with Gasteiger partial charge in [0.15, 0.2) is 11.5 Å². The minimum absolute atomic E-state index is 0.300. The minimum atomic E-state index is -0.768. The fraction of sp³-hybridized carbons (Fsp3) is 0.200. The molecule has 0 aliphatic carbocycles. The average molecular weight is 418 g/mol. The van der Waals surface area contributed by atoms with Crippen LogP contribution in [0.2, 0.25) is 0 Å². The third-order valence-electron chi connectivity index (χ3n) is 4.61. The summed E-state index contributed by atoms with van der Waals surface area (Å²) in [4.78, 5) is 25.6. The number of hydrogen-bond donors (Lipinski definition) is 2.